The molecule has 2 heterocycles. The number of Topliss-reactive ketones (excluding diaryl/α,β-unsaturated/α-hetero) is 1. The molecule has 0 unspecified atom stereocenters. The van der Waals surface area contributed by atoms with Crippen molar-refractivity contribution in [3.63, 3.8) is 0 Å². The maximum atomic E-state index is 12.0. The summed E-state index contributed by atoms with van der Waals surface area (Å²) in [7, 11) is 1.85. The zero-order valence-corrected chi connectivity index (χ0v) is 13.2. The Labute approximate surface area is 129 Å². The van der Waals surface area contributed by atoms with E-state index in [2.05, 4.69) is 37.8 Å². The van der Waals surface area contributed by atoms with Crippen molar-refractivity contribution in [3.05, 3.63) is 29.8 Å². The Hall–Kier alpha value is -2.31. The van der Waals surface area contributed by atoms with Crippen LogP contribution in [0.3, 0.4) is 0 Å². The van der Waals surface area contributed by atoms with Crippen molar-refractivity contribution >= 4 is 11.5 Å². The molecule has 0 saturated heterocycles. The molecule has 7 nitrogen and oxygen atoms in total. The highest BCUT2D eigenvalue weighted by Gasteiger charge is 2.30. The summed E-state index contributed by atoms with van der Waals surface area (Å²) in [6.07, 6.45) is 4.15. The van der Waals surface area contributed by atoms with Gasteiger partial charge in [-0.05, 0) is 25.5 Å². The number of tetrazole rings is 1. The molecule has 22 heavy (non-hydrogen) atoms. The number of hydrogen-bond donors (Lipinski definition) is 2. The first-order valence-electron chi connectivity index (χ1n) is 7.52. The number of rotatable bonds is 8. The Morgan fingerprint density at radius 3 is 2.73 bits per heavy atom. The molecule has 2 aromatic heterocycles. The van der Waals surface area contributed by atoms with Crippen LogP contribution in [-0.2, 0) is 11.2 Å². The highest BCUT2D eigenvalue weighted by molar-refractivity contribution is 5.79. The zero-order chi connectivity index (χ0) is 15.9. The third-order valence-electron chi connectivity index (χ3n) is 3.84. The van der Waals surface area contributed by atoms with E-state index in [1.807, 2.05) is 19.2 Å². The molecular weight excluding hydrogens is 280 g/mol. The molecule has 2 rings (SSSR count). The van der Waals surface area contributed by atoms with E-state index in [4.69, 9.17) is 0 Å². The van der Waals surface area contributed by atoms with E-state index in [1.54, 1.807) is 13.1 Å². The Morgan fingerprint density at radius 1 is 1.41 bits per heavy atom. The lowest BCUT2D eigenvalue weighted by Crippen LogP contribution is -2.23. The maximum Gasteiger partial charge on any atom is 0.178 e. The summed E-state index contributed by atoms with van der Waals surface area (Å²) in [5, 5.41) is 17.3. The summed E-state index contributed by atoms with van der Waals surface area (Å²) in [4.78, 5) is 16.5. The van der Waals surface area contributed by atoms with Gasteiger partial charge < -0.3 is 5.32 Å². The van der Waals surface area contributed by atoms with Gasteiger partial charge in [-0.3, -0.25) is 9.78 Å². The second-order valence-corrected chi connectivity index (χ2v) is 5.37. The van der Waals surface area contributed by atoms with Gasteiger partial charge >= 0.3 is 0 Å². The van der Waals surface area contributed by atoms with Crippen molar-refractivity contribution in [2.24, 2.45) is 5.92 Å². The van der Waals surface area contributed by atoms with Gasteiger partial charge in [-0.2, -0.15) is 5.21 Å². The first-order chi connectivity index (χ1) is 10.7. The summed E-state index contributed by atoms with van der Waals surface area (Å²) in [6, 6.07) is 3.93. The van der Waals surface area contributed by atoms with Gasteiger partial charge in [0.2, 0.25) is 0 Å². The average molecular weight is 302 g/mol. The number of aromatic nitrogens is 5. The SMILES string of the molecule is CCC[C@H](C(C)=O)[C@H](Cc1ccc(NC)cn1)c1nn[nH]n1. The lowest BCUT2D eigenvalue weighted by Gasteiger charge is -2.22. The van der Waals surface area contributed by atoms with Crippen molar-refractivity contribution < 1.29 is 4.79 Å². The number of aromatic amines is 1. The highest BCUT2D eigenvalue weighted by atomic mass is 16.1. The van der Waals surface area contributed by atoms with Crippen molar-refractivity contribution in [2.45, 2.75) is 39.0 Å². The van der Waals surface area contributed by atoms with Gasteiger partial charge in [-0.15, -0.1) is 10.2 Å². The molecule has 0 bridgehead atoms. The minimum Gasteiger partial charge on any atom is -0.387 e. The minimum atomic E-state index is -0.117. The summed E-state index contributed by atoms with van der Waals surface area (Å²) in [5.74, 6) is 0.508. The zero-order valence-electron chi connectivity index (χ0n) is 13.2. The Morgan fingerprint density at radius 2 is 2.23 bits per heavy atom. The van der Waals surface area contributed by atoms with E-state index in [0.717, 1.165) is 24.2 Å². The van der Waals surface area contributed by atoms with Crippen molar-refractivity contribution in [1.29, 1.82) is 0 Å². The quantitative estimate of drug-likeness (QED) is 0.774. The van der Waals surface area contributed by atoms with Crippen LogP contribution in [0.4, 0.5) is 5.69 Å². The minimum absolute atomic E-state index is 0.107. The fraction of sp³-hybridized carbons (Fsp3) is 0.533. The van der Waals surface area contributed by atoms with E-state index in [9.17, 15) is 4.79 Å². The molecule has 0 spiro atoms. The molecular formula is C15H22N6O. The molecule has 2 atom stereocenters. The van der Waals surface area contributed by atoms with E-state index in [-0.39, 0.29) is 17.6 Å². The molecule has 2 N–H and O–H groups in total. The van der Waals surface area contributed by atoms with Crippen molar-refractivity contribution in [2.75, 3.05) is 12.4 Å². The number of carbonyl (C=O) groups is 1. The van der Waals surface area contributed by atoms with Crippen LogP contribution in [0.15, 0.2) is 18.3 Å². The van der Waals surface area contributed by atoms with Crippen LogP contribution in [0.1, 0.15) is 44.1 Å². The molecule has 0 fully saturated rings. The summed E-state index contributed by atoms with van der Waals surface area (Å²) >= 11 is 0. The van der Waals surface area contributed by atoms with Gasteiger partial charge in [0.15, 0.2) is 5.82 Å². The fourth-order valence-electron chi connectivity index (χ4n) is 2.66. The number of anilines is 1. The van der Waals surface area contributed by atoms with Gasteiger partial charge in [0, 0.05) is 31.0 Å². The molecule has 0 radical (unpaired) electrons. The third-order valence-corrected chi connectivity index (χ3v) is 3.84. The molecule has 0 aliphatic rings. The standard InChI is InChI=1S/C15H22N6O/c1-4-5-13(10(2)22)14(15-18-20-21-19-15)8-11-6-7-12(16-3)9-17-11/h6-7,9,13-14,16H,4-5,8H2,1-3H3,(H,18,19,20,21)/t13-,14+/m1/s1. The molecule has 118 valence electrons. The molecule has 0 aliphatic carbocycles. The van der Waals surface area contributed by atoms with Gasteiger partial charge in [0.05, 0.1) is 11.9 Å². The Kier molecular flexibility index (Phi) is 5.57. The average Bonchev–Trinajstić information content (AvgIpc) is 3.05. The van der Waals surface area contributed by atoms with Gasteiger partial charge in [-0.1, -0.05) is 18.6 Å². The first-order valence-corrected chi connectivity index (χ1v) is 7.52. The van der Waals surface area contributed by atoms with E-state index >= 15 is 0 Å². The maximum absolute atomic E-state index is 12.0. The van der Waals surface area contributed by atoms with Crippen LogP contribution in [0, 0.1) is 5.92 Å². The second-order valence-electron chi connectivity index (χ2n) is 5.37. The van der Waals surface area contributed by atoms with E-state index in [0.29, 0.717) is 12.2 Å². The number of H-pyrrole nitrogens is 1. The molecule has 0 aliphatic heterocycles. The smallest absolute Gasteiger partial charge is 0.178 e. The van der Waals surface area contributed by atoms with E-state index in [1.165, 1.54) is 0 Å². The van der Waals surface area contributed by atoms with Crippen LogP contribution < -0.4 is 5.32 Å². The largest absolute Gasteiger partial charge is 0.387 e. The van der Waals surface area contributed by atoms with Crippen molar-refractivity contribution in [1.82, 2.24) is 25.6 Å². The summed E-state index contributed by atoms with van der Waals surface area (Å²) in [6.45, 7) is 3.70. The number of ketones is 1. The third kappa shape index (κ3) is 3.87. The topological polar surface area (TPSA) is 96.5 Å². The monoisotopic (exact) mass is 302 g/mol. The number of pyridine rings is 1. The van der Waals surface area contributed by atoms with Crippen LogP contribution >= 0.6 is 0 Å². The highest BCUT2D eigenvalue weighted by Crippen LogP contribution is 2.29. The normalized spacial score (nSPS) is 13.6. The van der Waals surface area contributed by atoms with Crippen LogP contribution in [0.2, 0.25) is 0 Å². The van der Waals surface area contributed by atoms with Gasteiger partial charge in [0.25, 0.3) is 0 Å². The Balaban J connectivity index is 2.25. The molecule has 0 amide bonds. The van der Waals surface area contributed by atoms with Gasteiger partial charge in [0.1, 0.15) is 5.78 Å². The Bertz CT molecular complexity index is 581. The van der Waals surface area contributed by atoms with Crippen molar-refractivity contribution in [3.8, 4) is 0 Å². The van der Waals surface area contributed by atoms with Crippen LogP contribution in [-0.4, -0.2) is 38.4 Å². The number of nitrogens with zero attached hydrogens (tertiary/aromatic N) is 4. The van der Waals surface area contributed by atoms with Crippen LogP contribution in [0.25, 0.3) is 0 Å². The molecule has 0 aromatic carbocycles. The molecule has 7 heteroatoms. The number of nitrogens with one attached hydrogen (secondary N) is 2. The number of carbonyl (C=O) groups excluding carboxylic acids is 1. The predicted molar refractivity (Wildman–Crippen MR) is 83.5 cm³/mol. The molecule has 2 aromatic rings. The first kappa shape index (κ1) is 16.1. The fourth-order valence-corrected chi connectivity index (χ4v) is 2.66. The summed E-state index contributed by atoms with van der Waals surface area (Å²) in [5.41, 5.74) is 1.87. The summed E-state index contributed by atoms with van der Waals surface area (Å²) < 4.78 is 0. The lowest BCUT2D eigenvalue weighted by atomic mass is 9.82. The molecule has 0 saturated carbocycles. The van der Waals surface area contributed by atoms with Crippen LogP contribution in [0.5, 0.6) is 0 Å². The predicted octanol–water partition coefficient (Wildman–Crippen LogP) is 1.97. The second kappa shape index (κ2) is 7.63. The van der Waals surface area contributed by atoms with E-state index < -0.39 is 0 Å². The number of hydrogen-bond acceptors (Lipinski definition) is 6. The lowest BCUT2D eigenvalue weighted by molar-refractivity contribution is -0.121. The van der Waals surface area contributed by atoms with Gasteiger partial charge in [-0.25, -0.2) is 0 Å².